The van der Waals surface area contributed by atoms with Gasteiger partial charge in [0.1, 0.15) is 0 Å². The van der Waals surface area contributed by atoms with E-state index >= 15 is 0 Å². The normalized spacial score (nSPS) is 11.4. The molecule has 76 valence electrons. The van der Waals surface area contributed by atoms with Gasteiger partial charge in [-0.25, -0.2) is 0 Å². The van der Waals surface area contributed by atoms with E-state index in [1.54, 1.807) is 0 Å². The first-order valence-electron chi connectivity index (χ1n) is 5.04. The van der Waals surface area contributed by atoms with Crippen LogP contribution in [0.3, 0.4) is 0 Å². The van der Waals surface area contributed by atoms with E-state index in [2.05, 4.69) is 12.4 Å². The summed E-state index contributed by atoms with van der Waals surface area (Å²) in [5, 5.41) is 8.96. The molecule has 0 bridgehead atoms. The van der Waals surface area contributed by atoms with E-state index in [1.165, 1.54) is 6.42 Å². The molecule has 0 fully saturated rings. The minimum Gasteiger partial charge on any atom is -0.291 e. The van der Waals surface area contributed by atoms with Gasteiger partial charge in [-0.1, -0.05) is 49.8 Å². The highest BCUT2D eigenvalue weighted by molar-refractivity contribution is 5.62. The van der Waals surface area contributed by atoms with Crippen molar-refractivity contribution < 1.29 is 5.21 Å². The number of nitrogens with one attached hydrogen (secondary N) is 1. The van der Waals surface area contributed by atoms with E-state index < -0.39 is 0 Å². The van der Waals surface area contributed by atoms with Gasteiger partial charge in [-0.2, -0.15) is 0 Å². The van der Waals surface area contributed by atoms with E-state index in [1.807, 2.05) is 36.4 Å². The summed E-state index contributed by atoms with van der Waals surface area (Å²) in [6, 6.07) is 9.83. The van der Waals surface area contributed by atoms with Crippen LogP contribution >= 0.6 is 0 Å². The van der Waals surface area contributed by atoms with Crippen LogP contribution in [-0.2, 0) is 0 Å². The van der Waals surface area contributed by atoms with Crippen LogP contribution in [0.15, 0.2) is 36.4 Å². The van der Waals surface area contributed by atoms with Gasteiger partial charge in [0.05, 0.1) is 5.70 Å². The highest BCUT2D eigenvalue weighted by Gasteiger charge is 1.97. The molecule has 0 amide bonds. The van der Waals surface area contributed by atoms with Crippen LogP contribution < -0.4 is 5.48 Å². The third-order valence-electron chi connectivity index (χ3n) is 2.11. The third kappa shape index (κ3) is 3.23. The van der Waals surface area contributed by atoms with Gasteiger partial charge in [-0.05, 0) is 18.4 Å². The number of unbranched alkanes of at least 4 members (excludes halogenated alkanes) is 2. The molecule has 0 aromatic heterocycles. The molecule has 2 heteroatoms. The molecule has 2 nitrogen and oxygen atoms in total. The summed E-state index contributed by atoms with van der Waals surface area (Å²) < 4.78 is 0. The van der Waals surface area contributed by atoms with Crippen molar-refractivity contribution in [2.75, 3.05) is 0 Å². The van der Waals surface area contributed by atoms with Gasteiger partial charge in [0, 0.05) is 0 Å². The second-order valence-corrected chi connectivity index (χ2v) is 3.24. The molecule has 0 aliphatic carbocycles. The van der Waals surface area contributed by atoms with Gasteiger partial charge in [0.2, 0.25) is 0 Å². The highest BCUT2D eigenvalue weighted by Crippen LogP contribution is 2.11. The van der Waals surface area contributed by atoms with Gasteiger partial charge in [0.25, 0.3) is 0 Å². The molecule has 0 atom stereocenters. The van der Waals surface area contributed by atoms with Crippen molar-refractivity contribution >= 4 is 5.70 Å². The fourth-order valence-electron chi connectivity index (χ4n) is 1.30. The fraction of sp³-hybridized carbons (Fsp3) is 0.333. The predicted octanol–water partition coefficient (Wildman–Crippen LogP) is 3.20. The van der Waals surface area contributed by atoms with Crippen molar-refractivity contribution in [2.24, 2.45) is 0 Å². The molecule has 1 aromatic carbocycles. The van der Waals surface area contributed by atoms with Crippen LogP contribution in [-0.4, -0.2) is 5.21 Å². The van der Waals surface area contributed by atoms with E-state index in [0.717, 1.165) is 24.1 Å². The van der Waals surface area contributed by atoms with Crippen molar-refractivity contribution in [3.05, 3.63) is 42.0 Å². The zero-order valence-electron chi connectivity index (χ0n) is 8.53. The molecular formula is C12H17NO. The Morgan fingerprint density at radius 3 is 2.64 bits per heavy atom. The zero-order valence-corrected chi connectivity index (χ0v) is 8.53. The minimum absolute atomic E-state index is 0.791. The first-order valence-corrected chi connectivity index (χ1v) is 5.04. The first kappa shape index (κ1) is 10.8. The lowest BCUT2D eigenvalue weighted by Crippen LogP contribution is -2.05. The molecule has 0 spiro atoms. The van der Waals surface area contributed by atoms with Crippen LogP contribution in [0.4, 0.5) is 0 Å². The Morgan fingerprint density at radius 2 is 2.07 bits per heavy atom. The summed E-state index contributed by atoms with van der Waals surface area (Å²) in [6.07, 6.45) is 5.34. The van der Waals surface area contributed by atoms with Gasteiger partial charge in [-0.3, -0.25) is 10.7 Å². The van der Waals surface area contributed by atoms with Crippen molar-refractivity contribution in [1.29, 1.82) is 0 Å². The molecule has 1 rings (SSSR count). The quantitative estimate of drug-likeness (QED) is 0.553. The van der Waals surface area contributed by atoms with E-state index in [4.69, 9.17) is 5.21 Å². The summed E-state index contributed by atoms with van der Waals surface area (Å²) >= 11 is 0. The van der Waals surface area contributed by atoms with Crippen LogP contribution in [0, 0.1) is 0 Å². The summed E-state index contributed by atoms with van der Waals surface area (Å²) in [6.45, 7) is 2.16. The second-order valence-electron chi connectivity index (χ2n) is 3.24. The maximum Gasteiger partial charge on any atom is 0.0634 e. The maximum atomic E-state index is 8.96. The number of hydrogen-bond acceptors (Lipinski definition) is 2. The summed E-state index contributed by atoms with van der Waals surface area (Å²) in [4.78, 5) is 0. The van der Waals surface area contributed by atoms with Gasteiger partial charge < -0.3 is 0 Å². The van der Waals surface area contributed by atoms with Crippen LogP contribution in [0.1, 0.15) is 31.7 Å². The Bertz CT molecular complexity index is 280. The van der Waals surface area contributed by atoms with Gasteiger partial charge in [0.15, 0.2) is 0 Å². The van der Waals surface area contributed by atoms with E-state index in [9.17, 15) is 0 Å². The number of rotatable bonds is 5. The van der Waals surface area contributed by atoms with Crippen molar-refractivity contribution in [3.63, 3.8) is 0 Å². The smallest absolute Gasteiger partial charge is 0.0634 e. The average molecular weight is 191 g/mol. The molecular weight excluding hydrogens is 174 g/mol. The van der Waals surface area contributed by atoms with Crippen LogP contribution in [0.25, 0.3) is 5.70 Å². The molecule has 2 N–H and O–H groups in total. The molecule has 1 aromatic rings. The van der Waals surface area contributed by atoms with E-state index in [0.29, 0.717) is 0 Å². The van der Waals surface area contributed by atoms with Crippen LogP contribution in [0.2, 0.25) is 0 Å². The monoisotopic (exact) mass is 191 g/mol. The van der Waals surface area contributed by atoms with Crippen molar-refractivity contribution in [1.82, 2.24) is 5.48 Å². The largest absolute Gasteiger partial charge is 0.291 e. The second kappa shape index (κ2) is 6.22. The maximum absolute atomic E-state index is 8.96. The zero-order chi connectivity index (χ0) is 10.2. The van der Waals surface area contributed by atoms with Gasteiger partial charge in [-0.15, -0.1) is 0 Å². The SMILES string of the molecule is CCCC/C=C(/NO)c1ccccc1. The topological polar surface area (TPSA) is 32.3 Å². The van der Waals surface area contributed by atoms with Gasteiger partial charge >= 0.3 is 0 Å². The standard InChI is InChI=1S/C12H17NO/c1-2-3-5-10-12(13-14)11-8-6-4-7-9-11/h4,6-10,13-14H,2-3,5H2,1H3/b12-10+. The number of benzene rings is 1. The lowest BCUT2D eigenvalue weighted by Gasteiger charge is -2.05. The average Bonchev–Trinajstić information content (AvgIpc) is 2.26. The van der Waals surface area contributed by atoms with Crippen molar-refractivity contribution in [3.8, 4) is 0 Å². The summed E-state index contributed by atoms with van der Waals surface area (Å²) in [5.41, 5.74) is 4.05. The molecule has 0 unspecified atom stereocenters. The minimum atomic E-state index is 0.791. The summed E-state index contributed by atoms with van der Waals surface area (Å²) in [7, 11) is 0. The van der Waals surface area contributed by atoms with E-state index in [-0.39, 0.29) is 0 Å². The molecule has 14 heavy (non-hydrogen) atoms. The Labute approximate surface area is 85.2 Å². The molecule has 0 aliphatic heterocycles. The number of hydroxylamine groups is 1. The molecule has 0 saturated heterocycles. The predicted molar refractivity (Wildman–Crippen MR) is 58.9 cm³/mol. The number of hydrogen-bond donors (Lipinski definition) is 2. The fourth-order valence-corrected chi connectivity index (χ4v) is 1.30. The highest BCUT2D eigenvalue weighted by atomic mass is 16.5. The molecule has 0 radical (unpaired) electrons. The molecule has 0 heterocycles. The van der Waals surface area contributed by atoms with Crippen molar-refractivity contribution in [2.45, 2.75) is 26.2 Å². The third-order valence-corrected chi connectivity index (χ3v) is 2.11. The Morgan fingerprint density at radius 1 is 1.36 bits per heavy atom. The molecule has 0 saturated carbocycles. The molecule has 0 aliphatic rings. The lowest BCUT2D eigenvalue weighted by atomic mass is 10.1. The Kier molecular flexibility index (Phi) is 4.79. The lowest BCUT2D eigenvalue weighted by molar-refractivity contribution is 0.224. The summed E-state index contributed by atoms with van der Waals surface area (Å²) in [5.74, 6) is 0. The first-order chi connectivity index (χ1) is 6.88. The Hall–Kier alpha value is -1.28. The Balaban J connectivity index is 2.67. The van der Waals surface area contributed by atoms with Crippen LogP contribution in [0.5, 0.6) is 0 Å². The number of allylic oxidation sites excluding steroid dienone is 1.